The summed E-state index contributed by atoms with van der Waals surface area (Å²) in [7, 11) is 0. The van der Waals surface area contributed by atoms with E-state index in [1.807, 2.05) is 30.3 Å². The molecule has 2 heterocycles. The molecular weight excluding hydrogens is 434 g/mol. The monoisotopic (exact) mass is 455 g/mol. The van der Waals surface area contributed by atoms with Gasteiger partial charge in [-0.05, 0) is 49.4 Å². The third-order valence-corrected chi connectivity index (χ3v) is 5.33. The third-order valence-electron chi connectivity index (χ3n) is 4.84. The number of hydrogen-bond donors (Lipinski definition) is 1. The van der Waals surface area contributed by atoms with Gasteiger partial charge in [0.05, 0.1) is 31.0 Å². The molecule has 2 aromatic carbocycles. The predicted molar refractivity (Wildman–Crippen MR) is 118 cm³/mol. The second kappa shape index (κ2) is 8.80. The highest BCUT2D eigenvalue weighted by atomic mass is 79.9. The summed E-state index contributed by atoms with van der Waals surface area (Å²) in [6.45, 7) is 5.39. The first-order valence-electron chi connectivity index (χ1n) is 9.61. The van der Waals surface area contributed by atoms with E-state index in [0.29, 0.717) is 17.9 Å². The average molecular weight is 456 g/mol. The number of anilines is 3. The van der Waals surface area contributed by atoms with E-state index < -0.39 is 5.97 Å². The second-order valence-electron chi connectivity index (χ2n) is 6.70. The summed E-state index contributed by atoms with van der Waals surface area (Å²) in [5, 5.41) is 4.26. The van der Waals surface area contributed by atoms with Gasteiger partial charge in [0.1, 0.15) is 5.56 Å². The van der Waals surface area contributed by atoms with Crippen LogP contribution in [0.4, 0.5) is 17.1 Å². The molecule has 3 aromatic rings. The number of hydrogen-bond acceptors (Lipinski definition) is 6. The molecular formula is C22H22BrN3O3. The minimum atomic E-state index is -0.394. The number of rotatable bonds is 5. The molecule has 1 aliphatic rings. The fourth-order valence-electron chi connectivity index (χ4n) is 3.38. The van der Waals surface area contributed by atoms with E-state index in [4.69, 9.17) is 9.47 Å². The van der Waals surface area contributed by atoms with Crippen molar-refractivity contribution in [1.29, 1.82) is 0 Å². The lowest BCUT2D eigenvalue weighted by atomic mass is 10.1. The molecule has 1 N–H and O–H groups in total. The van der Waals surface area contributed by atoms with Crippen molar-refractivity contribution >= 4 is 49.9 Å². The number of ether oxygens (including phenoxy) is 2. The van der Waals surface area contributed by atoms with E-state index in [9.17, 15) is 4.79 Å². The van der Waals surface area contributed by atoms with Crippen molar-refractivity contribution in [3.05, 3.63) is 58.7 Å². The normalized spacial score (nSPS) is 14.1. The maximum absolute atomic E-state index is 12.5. The molecule has 7 heteroatoms. The van der Waals surface area contributed by atoms with Crippen LogP contribution in [0, 0.1) is 0 Å². The maximum Gasteiger partial charge on any atom is 0.341 e. The lowest BCUT2D eigenvalue weighted by molar-refractivity contribution is 0.0527. The van der Waals surface area contributed by atoms with E-state index in [1.165, 1.54) is 0 Å². The lowest BCUT2D eigenvalue weighted by Gasteiger charge is -2.29. The van der Waals surface area contributed by atoms with Crippen LogP contribution < -0.4 is 10.2 Å². The number of pyridine rings is 1. The van der Waals surface area contributed by atoms with Crippen LogP contribution in [0.3, 0.4) is 0 Å². The number of aromatic nitrogens is 1. The summed E-state index contributed by atoms with van der Waals surface area (Å²) in [4.78, 5) is 19.2. The summed E-state index contributed by atoms with van der Waals surface area (Å²) < 4.78 is 11.6. The summed E-state index contributed by atoms with van der Waals surface area (Å²) in [6, 6.07) is 14.0. The average Bonchev–Trinajstić information content (AvgIpc) is 2.75. The highest BCUT2D eigenvalue weighted by Gasteiger charge is 2.18. The van der Waals surface area contributed by atoms with Gasteiger partial charge in [-0.25, -0.2) is 4.79 Å². The van der Waals surface area contributed by atoms with Gasteiger partial charge in [-0.2, -0.15) is 0 Å². The molecule has 4 rings (SSSR count). The molecule has 0 aliphatic carbocycles. The number of esters is 1. The minimum Gasteiger partial charge on any atom is -0.462 e. The maximum atomic E-state index is 12.5. The van der Waals surface area contributed by atoms with Crippen LogP contribution in [0.5, 0.6) is 0 Å². The number of carbonyl (C=O) groups excluding carboxylic acids is 1. The fourth-order valence-corrected chi connectivity index (χ4v) is 3.75. The third kappa shape index (κ3) is 4.36. The molecule has 29 heavy (non-hydrogen) atoms. The summed E-state index contributed by atoms with van der Waals surface area (Å²) in [5.41, 5.74) is 3.95. The molecule has 0 saturated carbocycles. The van der Waals surface area contributed by atoms with Gasteiger partial charge in [-0.3, -0.25) is 4.98 Å². The summed E-state index contributed by atoms with van der Waals surface area (Å²) in [5.74, 6) is -0.394. The van der Waals surface area contributed by atoms with E-state index in [0.717, 1.165) is 53.1 Å². The van der Waals surface area contributed by atoms with E-state index in [-0.39, 0.29) is 0 Å². The van der Waals surface area contributed by atoms with Crippen LogP contribution in [0.1, 0.15) is 17.3 Å². The molecule has 0 bridgehead atoms. The molecule has 0 atom stereocenters. The van der Waals surface area contributed by atoms with Gasteiger partial charge in [0, 0.05) is 40.5 Å². The van der Waals surface area contributed by atoms with E-state index >= 15 is 0 Å². The summed E-state index contributed by atoms with van der Waals surface area (Å²) in [6.07, 6.45) is 1.57. The topological polar surface area (TPSA) is 63.7 Å². The molecule has 1 aromatic heterocycles. The number of morpholine rings is 1. The number of fused-ring (bicyclic) bond motifs is 1. The van der Waals surface area contributed by atoms with Crippen LogP contribution in [0.25, 0.3) is 10.9 Å². The Labute approximate surface area is 178 Å². The van der Waals surface area contributed by atoms with Crippen molar-refractivity contribution in [1.82, 2.24) is 4.98 Å². The Hall–Kier alpha value is -2.64. The van der Waals surface area contributed by atoms with Crippen LogP contribution >= 0.6 is 15.9 Å². The second-order valence-corrected chi connectivity index (χ2v) is 7.62. The Morgan fingerprint density at radius 3 is 2.69 bits per heavy atom. The fraction of sp³-hybridized carbons (Fsp3) is 0.273. The Bertz CT molecular complexity index is 1020. The number of halogens is 1. The van der Waals surface area contributed by atoms with Crippen molar-refractivity contribution in [3.63, 3.8) is 0 Å². The van der Waals surface area contributed by atoms with Crippen molar-refractivity contribution < 1.29 is 14.3 Å². The molecule has 6 nitrogen and oxygen atoms in total. The van der Waals surface area contributed by atoms with Crippen molar-refractivity contribution in [2.45, 2.75) is 6.92 Å². The highest BCUT2D eigenvalue weighted by Crippen LogP contribution is 2.32. The molecule has 0 radical (unpaired) electrons. The predicted octanol–water partition coefficient (Wildman–Crippen LogP) is 4.75. The van der Waals surface area contributed by atoms with Crippen LogP contribution in [0.15, 0.2) is 53.1 Å². The first-order valence-corrected chi connectivity index (χ1v) is 10.4. The van der Waals surface area contributed by atoms with E-state index in [2.05, 4.69) is 43.3 Å². The smallest absolute Gasteiger partial charge is 0.341 e. The molecule has 0 unspecified atom stereocenters. The zero-order valence-electron chi connectivity index (χ0n) is 16.2. The first kappa shape index (κ1) is 19.7. The number of nitrogens with zero attached hydrogens (tertiary/aromatic N) is 2. The van der Waals surface area contributed by atoms with E-state index in [1.54, 1.807) is 13.1 Å². The van der Waals surface area contributed by atoms with Gasteiger partial charge < -0.3 is 19.7 Å². The standard InChI is InChI=1S/C22H22BrN3O3/c1-2-29-22(27)19-14-24-20-8-3-15(23)13-18(20)21(19)25-16-4-6-17(7-5-16)26-9-11-28-12-10-26/h3-8,13-14H,2,9-12H2,1H3,(H,24,25). The largest absolute Gasteiger partial charge is 0.462 e. The summed E-state index contributed by atoms with van der Waals surface area (Å²) >= 11 is 3.51. The minimum absolute atomic E-state index is 0.309. The van der Waals surface area contributed by atoms with Gasteiger partial charge in [0.2, 0.25) is 0 Å². The molecule has 1 saturated heterocycles. The number of benzene rings is 2. The highest BCUT2D eigenvalue weighted by molar-refractivity contribution is 9.10. The Balaban J connectivity index is 1.69. The van der Waals surface area contributed by atoms with Crippen LogP contribution in [-0.2, 0) is 9.47 Å². The van der Waals surface area contributed by atoms with Gasteiger partial charge in [-0.1, -0.05) is 15.9 Å². The Morgan fingerprint density at radius 1 is 1.21 bits per heavy atom. The number of nitrogens with one attached hydrogen (secondary N) is 1. The molecule has 150 valence electrons. The Morgan fingerprint density at radius 2 is 1.97 bits per heavy atom. The molecule has 1 aliphatic heterocycles. The van der Waals surface area contributed by atoms with Crippen molar-refractivity contribution in [2.75, 3.05) is 43.1 Å². The van der Waals surface area contributed by atoms with Crippen molar-refractivity contribution in [3.8, 4) is 0 Å². The quantitative estimate of drug-likeness (QED) is 0.559. The zero-order chi connectivity index (χ0) is 20.2. The molecule has 1 fully saturated rings. The van der Waals surface area contributed by atoms with Crippen LogP contribution in [-0.4, -0.2) is 43.9 Å². The van der Waals surface area contributed by atoms with Crippen molar-refractivity contribution in [2.24, 2.45) is 0 Å². The first-order chi connectivity index (χ1) is 14.2. The van der Waals surface area contributed by atoms with Gasteiger partial charge in [0.15, 0.2) is 0 Å². The van der Waals surface area contributed by atoms with Gasteiger partial charge in [-0.15, -0.1) is 0 Å². The lowest BCUT2D eigenvalue weighted by Crippen LogP contribution is -2.36. The molecule has 0 amide bonds. The SMILES string of the molecule is CCOC(=O)c1cnc2ccc(Br)cc2c1Nc1ccc(N2CCOCC2)cc1. The van der Waals surface area contributed by atoms with Crippen LogP contribution in [0.2, 0.25) is 0 Å². The van der Waals surface area contributed by atoms with Gasteiger partial charge >= 0.3 is 5.97 Å². The number of carbonyl (C=O) groups is 1. The molecule has 0 spiro atoms. The van der Waals surface area contributed by atoms with Gasteiger partial charge in [0.25, 0.3) is 0 Å². The Kier molecular flexibility index (Phi) is 5.97. The zero-order valence-corrected chi connectivity index (χ0v) is 17.7.